The molecule has 0 amide bonds. The van der Waals surface area contributed by atoms with Gasteiger partial charge in [0.2, 0.25) is 5.95 Å². The Morgan fingerprint density at radius 1 is 1.42 bits per heavy atom. The SMILES string of the molecule is Nc1nc(NCC2CCCC(O)C2)c2ccsc2n1. The molecule has 6 heteroatoms. The summed E-state index contributed by atoms with van der Waals surface area (Å²) in [5.41, 5.74) is 5.72. The van der Waals surface area contributed by atoms with Gasteiger partial charge in [-0.2, -0.15) is 4.98 Å². The van der Waals surface area contributed by atoms with Gasteiger partial charge in [-0.1, -0.05) is 6.42 Å². The first kappa shape index (κ1) is 12.6. The zero-order chi connectivity index (χ0) is 13.2. The molecular weight excluding hydrogens is 260 g/mol. The van der Waals surface area contributed by atoms with Crippen LogP contribution in [0.15, 0.2) is 11.4 Å². The van der Waals surface area contributed by atoms with Crippen molar-refractivity contribution < 1.29 is 5.11 Å². The number of rotatable bonds is 3. The predicted octanol–water partition coefficient (Wildman–Crippen LogP) is 2.24. The first-order valence-corrected chi connectivity index (χ1v) is 7.53. The zero-order valence-corrected chi connectivity index (χ0v) is 11.5. The van der Waals surface area contributed by atoms with E-state index in [4.69, 9.17) is 5.73 Å². The first-order chi connectivity index (χ1) is 9.22. The number of thiophene rings is 1. The van der Waals surface area contributed by atoms with Crippen LogP contribution >= 0.6 is 11.3 Å². The Hall–Kier alpha value is -1.40. The number of nitrogens with one attached hydrogen (secondary N) is 1. The molecular formula is C13H18N4OS. The maximum atomic E-state index is 9.69. The van der Waals surface area contributed by atoms with Gasteiger partial charge in [0.1, 0.15) is 10.6 Å². The minimum Gasteiger partial charge on any atom is -0.393 e. The summed E-state index contributed by atoms with van der Waals surface area (Å²) in [7, 11) is 0. The molecule has 1 fully saturated rings. The summed E-state index contributed by atoms with van der Waals surface area (Å²) in [6, 6.07) is 2.01. The van der Waals surface area contributed by atoms with Crippen molar-refractivity contribution in [3.05, 3.63) is 11.4 Å². The van der Waals surface area contributed by atoms with Gasteiger partial charge in [0.25, 0.3) is 0 Å². The lowest BCUT2D eigenvalue weighted by Gasteiger charge is -2.26. The Balaban J connectivity index is 1.72. The normalized spacial score (nSPS) is 23.6. The van der Waals surface area contributed by atoms with Crippen molar-refractivity contribution in [3.8, 4) is 0 Å². The lowest BCUT2D eigenvalue weighted by Crippen LogP contribution is -2.25. The number of hydrogen-bond donors (Lipinski definition) is 3. The van der Waals surface area contributed by atoms with Gasteiger partial charge in [0, 0.05) is 6.54 Å². The molecule has 2 aromatic rings. The van der Waals surface area contributed by atoms with Crippen LogP contribution in [-0.4, -0.2) is 27.7 Å². The van der Waals surface area contributed by atoms with Crippen LogP contribution in [0.25, 0.3) is 10.2 Å². The maximum Gasteiger partial charge on any atom is 0.223 e. The van der Waals surface area contributed by atoms with Crippen LogP contribution in [0.2, 0.25) is 0 Å². The Bertz CT molecular complexity index is 571. The van der Waals surface area contributed by atoms with Crippen molar-refractivity contribution >= 4 is 33.3 Å². The third-order valence-corrected chi connectivity index (χ3v) is 4.46. The highest BCUT2D eigenvalue weighted by Crippen LogP contribution is 2.28. The second-order valence-corrected chi connectivity index (χ2v) is 6.03. The van der Waals surface area contributed by atoms with Crippen molar-refractivity contribution in [1.29, 1.82) is 0 Å². The number of aromatic nitrogens is 2. The van der Waals surface area contributed by atoms with E-state index in [1.807, 2.05) is 11.4 Å². The van der Waals surface area contributed by atoms with Crippen molar-refractivity contribution in [2.45, 2.75) is 31.8 Å². The average molecular weight is 278 g/mol. The van der Waals surface area contributed by atoms with Gasteiger partial charge in [0.05, 0.1) is 11.5 Å². The molecule has 3 rings (SSSR count). The van der Waals surface area contributed by atoms with Crippen molar-refractivity contribution in [2.24, 2.45) is 5.92 Å². The zero-order valence-electron chi connectivity index (χ0n) is 10.7. The molecule has 5 nitrogen and oxygen atoms in total. The Morgan fingerprint density at radius 3 is 3.16 bits per heavy atom. The van der Waals surface area contributed by atoms with Gasteiger partial charge in [-0.05, 0) is 36.6 Å². The molecule has 2 heterocycles. The summed E-state index contributed by atoms with van der Waals surface area (Å²) in [6.07, 6.45) is 3.94. The third-order valence-electron chi connectivity index (χ3n) is 3.66. The molecule has 0 aliphatic heterocycles. The fourth-order valence-electron chi connectivity index (χ4n) is 2.70. The van der Waals surface area contributed by atoms with Crippen molar-refractivity contribution in [3.63, 3.8) is 0 Å². The lowest BCUT2D eigenvalue weighted by atomic mass is 9.87. The van der Waals surface area contributed by atoms with E-state index in [1.54, 1.807) is 11.3 Å². The van der Waals surface area contributed by atoms with E-state index < -0.39 is 0 Å². The molecule has 19 heavy (non-hydrogen) atoms. The van der Waals surface area contributed by atoms with Crippen LogP contribution < -0.4 is 11.1 Å². The molecule has 1 aliphatic carbocycles. The minimum absolute atomic E-state index is 0.141. The largest absolute Gasteiger partial charge is 0.393 e. The first-order valence-electron chi connectivity index (χ1n) is 6.65. The van der Waals surface area contributed by atoms with Gasteiger partial charge in [-0.25, -0.2) is 4.98 Å². The van der Waals surface area contributed by atoms with Crippen molar-refractivity contribution in [1.82, 2.24) is 9.97 Å². The average Bonchev–Trinajstić information content (AvgIpc) is 2.84. The summed E-state index contributed by atoms with van der Waals surface area (Å²) in [4.78, 5) is 9.40. The summed E-state index contributed by atoms with van der Waals surface area (Å²) in [5.74, 6) is 1.62. The Morgan fingerprint density at radius 2 is 2.32 bits per heavy atom. The van der Waals surface area contributed by atoms with E-state index in [0.717, 1.165) is 48.3 Å². The Labute approximate surface area is 115 Å². The van der Waals surface area contributed by atoms with Crippen LogP contribution in [0, 0.1) is 5.92 Å². The minimum atomic E-state index is -0.141. The second-order valence-electron chi connectivity index (χ2n) is 5.14. The number of nitrogen functional groups attached to an aromatic ring is 1. The molecule has 1 aliphatic rings. The van der Waals surface area contributed by atoms with E-state index >= 15 is 0 Å². The fourth-order valence-corrected chi connectivity index (χ4v) is 3.47. The fraction of sp³-hybridized carbons (Fsp3) is 0.538. The van der Waals surface area contributed by atoms with Crippen LogP contribution in [0.4, 0.5) is 11.8 Å². The Kier molecular flexibility index (Phi) is 3.52. The molecule has 2 atom stereocenters. The molecule has 0 bridgehead atoms. The quantitative estimate of drug-likeness (QED) is 0.802. The number of nitrogens with two attached hydrogens (primary N) is 1. The molecule has 0 aromatic carbocycles. The van der Waals surface area contributed by atoms with Gasteiger partial charge < -0.3 is 16.2 Å². The van der Waals surface area contributed by atoms with E-state index in [1.165, 1.54) is 0 Å². The van der Waals surface area contributed by atoms with E-state index in [9.17, 15) is 5.11 Å². The molecule has 4 N–H and O–H groups in total. The molecule has 102 valence electrons. The molecule has 2 aromatic heterocycles. The van der Waals surface area contributed by atoms with E-state index in [0.29, 0.717) is 11.9 Å². The summed E-state index contributed by atoms with van der Waals surface area (Å²) >= 11 is 1.57. The van der Waals surface area contributed by atoms with Crippen molar-refractivity contribution in [2.75, 3.05) is 17.6 Å². The number of fused-ring (bicyclic) bond motifs is 1. The van der Waals surface area contributed by atoms with Gasteiger partial charge in [-0.15, -0.1) is 11.3 Å². The van der Waals surface area contributed by atoms with Gasteiger partial charge in [0.15, 0.2) is 0 Å². The van der Waals surface area contributed by atoms with Crippen LogP contribution in [-0.2, 0) is 0 Å². The maximum absolute atomic E-state index is 9.69. The van der Waals surface area contributed by atoms with E-state index in [-0.39, 0.29) is 6.10 Å². The number of nitrogens with zero attached hydrogens (tertiary/aromatic N) is 2. The highest BCUT2D eigenvalue weighted by molar-refractivity contribution is 7.16. The molecule has 1 saturated carbocycles. The second kappa shape index (κ2) is 5.30. The summed E-state index contributed by atoms with van der Waals surface area (Å²) < 4.78 is 0. The number of hydrogen-bond acceptors (Lipinski definition) is 6. The lowest BCUT2D eigenvalue weighted by molar-refractivity contribution is 0.104. The van der Waals surface area contributed by atoms with Gasteiger partial charge in [-0.3, -0.25) is 0 Å². The highest BCUT2D eigenvalue weighted by atomic mass is 32.1. The molecule has 0 radical (unpaired) electrons. The topological polar surface area (TPSA) is 84.1 Å². The third kappa shape index (κ3) is 2.79. The molecule has 2 unspecified atom stereocenters. The number of aliphatic hydroxyl groups excluding tert-OH is 1. The number of anilines is 2. The standard InChI is InChI=1S/C13H18N4OS/c14-13-16-11(10-4-5-19-12(10)17-13)15-7-8-2-1-3-9(18)6-8/h4-5,8-9,18H,1-3,6-7H2,(H3,14,15,16,17). The van der Waals surface area contributed by atoms with Crippen LogP contribution in [0.5, 0.6) is 0 Å². The molecule has 0 saturated heterocycles. The van der Waals surface area contributed by atoms with E-state index in [2.05, 4.69) is 15.3 Å². The van der Waals surface area contributed by atoms with Crippen LogP contribution in [0.3, 0.4) is 0 Å². The summed E-state index contributed by atoms with van der Waals surface area (Å²) in [6.45, 7) is 0.832. The van der Waals surface area contributed by atoms with Gasteiger partial charge >= 0.3 is 0 Å². The monoisotopic (exact) mass is 278 g/mol. The highest BCUT2D eigenvalue weighted by Gasteiger charge is 2.20. The smallest absolute Gasteiger partial charge is 0.223 e. The van der Waals surface area contributed by atoms with Crippen LogP contribution in [0.1, 0.15) is 25.7 Å². The summed E-state index contributed by atoms with van der Waals surface area (Å²) in [5, 5.41) is 16.1. The number of aliphatic hydroxyl groups is 1. The molecule has 0 spiro atoms. The predicted molar refractivity (Wildman–Crippen MR) is 78.3 cm³/mol.